The van der Waals surface area contributed by atoms with Crippen LogP contribution >= 0.6 is 0 Å². The Balaban J connectivity index is 2.09. The van der Waals surface area contributed by atoms with Crippen LogP contribution in [-0.4, -0.2) is 16.7 Å². The number of rotatable bonds is 7. The van der Waals surface area contributed by atoms with Crippen LogP contribution in [0, 0.1) is 23.0 Å². The summed E-state index contributed by atoms with van der Waals surface area (Å²) >= 11 is 0. The molecule has 0 unspecified atom stereocenters. The molecule has 0 aromatic heterocycles. The fourth-order valence-corrected chi connectivity index (χ4v) is 2.66. The van der Waals surface area contributed by atoms with Crippen molar-refractivity contribution in [1.29, 1.82) is 0 Å². The average Bonchev–Trinajstić information content (AvgIpc) is 2.64. The molecular formula is C20H23N3O4. The summed E-state index contributed by atoms with van der Waals surface area (Å²) < 4.78 is 0. The van der Waals surface area contributed by atoms with E-state index in [1.54, 1.807) is 37.3 Å². The molecule has 2 aromatic rings. The van der Waals surface area contributed by atoms with Crippen LogP contribution in [0.15, 0.2) is 42.5 Å². The van der Waals surface area contributed by atoms with Crippen molar-refractivity contribution in [2.24, 2.45) is 5.92 Å². The maximum absolute atomic E-state index is 12.4. The minimum Gasteiger partial charge on any atom is -0.326 e. The van der Waals surface area contributed by atoms with E-state index in [9.17, 15) is 19.7 Å². The lowest BCUT2D eigenvalue weighted by molar-refractivity contribution is -0.384. The van der Waals surface area contributed by atoms with Gasteiger partial charge in [0.05, 0.1) is 10.6 Å². The standard InChI is InChI=1S/C20H23N3O4/c1-4-14(5-2)19(24)21-16-9-7-15(8-10-16)20(25)22-18-12-17(23(26)27)11-6-13(18)3/h6-12,14H,4-5H2,1-3H3,(H,21,24)(H,22,25). The molecule has 0 radical (unpaired) electrons. The van der Waals surface area contributed by atoms with Gasteiger partial charge in [-0.25, -0.2) is 0 Å². The highest BCUT2D eigenvalue weighted by Gasteiger charge is 2.15. The van der Waals surface area contributed by atoms with Crippen LogP contribution in [0.4, 0.5) is 17.1 Å². The van der Waals surface area contributed by atoms with Gasteiger partial charge >= 0.3 is 0 Å². The van der Waals surface area contributed by atoms with Crippen molar-refractivity contribution in [3.63, 3.8) is 0 Å². The quantitative estimate of drug-likeness (QED) is 0.553. The number of benzene rings is 2. The monoisotopic (exact) mass is 369 g/mol. The van der Waals surface area contributed by atoms with Crippen molar-refractivity contribution in [1.82, 2.24) is 0 Å². The van der Waals surface area contributed by atoms with E-state index < -0.39 is 4.92 Å². The molecule has 2 amide bonds. The first kappa shape index (κ1) is 20.1. The Kier molecular flexibility index (Phi) is 6.65. The zero-order valence-corrected chi connectivity index (χ0v) is 15.6. The van der Waals surface area contributed by atoms with Crippen molar-refractivity contribution < 1.29 is 14.5 Å². The van der Waals surface area contributed by atoms with E-state index in [1.807, 2.05) is 13.8 Å². The lowest BCUT2D eigenvalue weighted by atomic mass is 10.0. The Morgan fingerprint density at radius 3 is 2.22 bits per heavy atom. The van der Waals surface area contributed by atoms with Gasteiger partial charge in [0.2, 0.25) is 5.91 Å². The third-order valence-electron chi connectivity index (χ3n) is 4.45. The van der Waals surface area contributed by atoms with Gasteiger partial charge in [-0.2, -0.15) is 0 Å². The Bertz CT molecular complexity index is 843. The predicted molar refractivity (Wildman–Crippen MR) is 105 cm³/mol. The highest BCUT2D eigenvalue weighted by Crippen LogP contribution is 2.23. The summed E-state index contributed by atoms with van der Waals surface area (Å²) in [7, 11) is 0. The largest absolute Gasteiger partial charge is 0.326 e. The minimum atomic E-state index is -0.508. The summed E-state index contributed by atoms with van der Waals surface area (Å²) in [5.74, 6) is -0.453. The molecule has 0 aliphatic rings. The molecule has 0 fully saturated rings. The number of amides is 2. The number of carbonyl (C=O) groups excluding carboxylic acids is 2. The zero-order valence-electron chi connectivity index (χ0n) is 15.6. The molecule has 0 spiro atoms. The molecule has 0 saturated carbocycles. The van der Waals surface area contributed by atoms with E-state index in [1.165, 1.54) is 12.1 Å². The van der Waals surface area contributed by atoms with Crippen LogP contribution in [0.3, 0.4) is 0 Å². The third kappa shape index (κ3) is 5.13. The van der Waals surface area contributed by atoms with E-state index in [-0.39, 0.29) is 23.4 Å². The number of nitro benzene ring substituents is 1. The van der Waals surface area contributed by atoms with Crippen LogP contribution in [0.2, 0.25) is 0 Å². The second kappa shape index (κ2) is 8.93. The molecule has 7 nitrogen and oxygen atoms in total. The Morgan fingerprint density at radius 2 is 1.67 bits per heavy atom. The van der Waals surface area contributed by atoms with Gasteiger partial charge in [-0.1, -0.05) is 19.9 Å². The van der Waals surface area contributed by atoms with Gasteiger partial charge < -0.3 is 10.6 Å². The highest BCUT2D eigenvalue weighted by atomic mass is 16.6. The van der Waals surface area contributed by atoms with Gasteiger partial charge in [0.25, 0.3) is 11.6 Å². The first-order chi connectivity index (χ1) is 12.8. The molecule has 142 valence electrons. The first-order valence-electron chi connectivity index (χ1n) is 8.83. The number of carbonyl (C=O) groups is 2. The van der Waals surface area contributed by atoms with Gasteiger partial charge in [-0.05, 0) is 49.6 Å². The predicted octanol–water partition coefficient (Wildman–Crippen LogP) is 4.53. The van der Waals surface area contributed by atoms with Crippen LogP contribution in [-0.2, 0) is 4.79 Å². The Morgan fingerprint density at radius 1 is 1.04 bits per heavy atom. The normalized spacial score (nSPS) is 10.5. The summed E-state index contributed by atoms with van der Waals surface area (Å²) in [6.07, 6.45) is 1.54. The fraction of sp³-hybridized carbons (Fsp3) is 0.300. The van der Waals surface area contributed by atoms with Crippen molar-refractivity contribution >= 4 is 28.9 Å². The molecule has 0 atom stereocenters. The van der Waals surface area contributed by atoms with Gasteiger partial charge in [-0.3, -0.25) is 19.7 Å². The maximum atomic E-state index is 12.4. The van der Waals surface area contributed by atoms with E-state index in [2.05, 4.69) is 10.6 Å². The molecule has 7 heteroatoms. The number of anilines is 2. The van der Waals surface area contributed by atoms with Crippen molar-refractivity contribution in [2.75, 3.05) is 10.6 Å². The molecular weight excluding hydrogens is 346 g/mol. The summed E-state index contributed by atoms with van der Waals surface area (Å²) in [5.41, 5.74) is 2.04. The van der Waals surface area contributed by atoms with Crippen LogP contribution in [0.5, 0.6) is 0 Å². The van der Waals surface area contributed by atoms with Gasteiger partial charge in [-0.15, -0.1) is 0 Å². The first-order valence-corrected chi connectivity index (χ1v) is 8.83. The molecule has 0 aliphatic heterocycles. The maximum Gasteiger partial charge on any atom is 0.271 e. The highest BCUT2D eigenvalue weighted by molar-refractivity contribution is 6.05. The average molecular weight is 369 g/mol. The second-order valence-electron chi connectivity index (χ2n) is 6.29. The Hall–Kier alpha value is -3.22. The van der Waals surface area contributed by atoms with Gasteiger partial charge in [0.1, 0.15) is 0 Å². The van der Waals surface area contributed by atoms with Crippen molar-refractivity contribution in [3.8, 4) is 0 Å². The number of nitro groups is 1. The Labute approximate surface area is 157 Å². The van der Waals surface area contributed by atoms with Crippen LogP contribution in [0.25, 0.3) is 0 Å². The summed E-state index contributed by atoms with van der Waals surface area (Å²) in [6.45, 7) is 5.70. The number of non-ortho nitro benzene ring substituents is 1. The molecule has 0 bridgehead atoms. The molecule has 0 aliphatic carbocycles. The fourth-order valence-electron chi connectivity index (χ4n) is 2.66. The van der Waals surface area contributed by atoms with E-state index in [0.717, 1.165) is 18.4 Å². The van der Waals surface area contributed by atoms with Crippen LogP contribution in [0.1, 0.15) is 42.6 Å². The summed E-state index contributed by atoms with van der Waals surface area (Å²) in [5, 5.41) is 16.4. The summed E-state index contributed by atoms with van der Waals surface area (Å²) in [6, 6.07) is 10.8. The third-order valence-corrected chi connectivity index (χ3v) is 4.45. The van der Waals surface area contributed by atoms with E-state index >= 15 is 0 Å². The summed E-state index contributed by atoms with van der Waals surface area (Å²) in [4.78, 5) is 34.9. The zero-order chi connectivity index (χ0) is 20.0. The lowest BCUT2D eigenvalue weighted by Crippen LogP contribution is -2.21. The SMILES string of the molecule is CCC(CC)C(=O)Nc1ccc(C(=O)Nc2cc([N+](=O)[O-])ccc2C)cc1. The minimum absolute atomic E-state index is 0.0372. The van der Waals surface area contributed by atoms with E-state index in [4.69, 9.17) is 0 Å². The second-order valence-corrected chi connectivity index (χ2v) is 6.29. The smallest absolute Gasteiger partial charge is 0.271 e. The van der Waals surface area contributed by atoms with Gasteiger partial charge in [0, 0.05) is 29.3 Å². The molecule has 0 heterocycles. The molecule has 0 saturated heterocycles. The number of hydrogen-bond acceptors (Lipinski definition) is 4. The molecule has 2 N–H and O–H groups in total. The molecule has 27 heavy (non-hydrogen) atoms. The number of aryl methyl sites for hydroxylation is 1. The molecule has 2 aromatic carbocycles. The number of hydrogen-bond donors (Lipinski definition) is 2. The van der Waals surface area contributed by atoms with Crippen molar-refractivity contribution in [3.05, 3.63) is 63.7 Å². The van der Waals surface area contributed by atoms with Crippen molar-refractivity contribution in [2.45, 2.75) is 33.6 Å². The van der Waals surface area contributed by atoms with Gasteiger partial charge in [0.15, 0.2) is 0 Å². The van der Waals surface area contributed by atoms with E-state index in [0.29, 0.717) is 16.9 Å². The number of nitrogens with zero attached hydrogens (tertiary/aromatic N) is 1. The topological polar surface area (TPSA) is 101 Å². The number of nitrogens with one attached hydrogen (secondary N) is 2. The van der Waals surface area contributed by atoms with Crippen LogP contribution < -0.4 is 10.6 Å². The lowest BCUT2D eigenvalue weighted by Gasteiger charge is -2.13. The molecule has 2 rings (SSSR count).